The number of aromatic nitrogens is 1. The van der Waals surface area contributed by atoms with Crippen LogP contribution < -0.4 is 25.4 Å². The van der Waals surface area contributed by atoms with Crippen molar-refractivity contribution < 1.29 is 14.4 Å². The van der Waals surface area contributed by atoms with Gasteiger partial charge in [-0.2, -0.15) is 5.26 Å². The Hall–Kier alpha value is -3.16. The summed E-state index contributed by atoms with van der Waals surface area (Å²) in [6.07, 6.45) is 0. The lowest BCUT2D eigenvalue weighted by Crippen LogP contribution is -2.34. The number of amides is 3. The Labute approximate surface area is 154 Å². The fraction of sp³-hybridized carbons (Fsp3) is 0.0625. The normalized spacial score (nSPS) is 16.8. The molecule has 1 aromatic carbocycles. The number of nitrogens with one attached hydrogen (secondary N) is 2. The lowest BCUT2D eigenvalue weighted by Gasteiger charge is -2.02. The molecular formula is C16H10N4O4S2. The molecule has 3 rings (SSSR count). The van der Waals surface area contributed by atoms with Gasteiger partial charge in [-0.1, -0.05) is 18.2 Å². The molecule has 3 amide bonds. The number of thiazole rings is 1. The summed E-state index contributed by atoms with van der Waals surface area (Å²) in [5.41, 5.74) is -0.415. The van der Waals surface area contributed by atoms with E-state index in [1.165, 1.54) is 11.6 Å². The molecule has 2 heterocycles. The minimum absolute atomic E-state index is 0.00569. The molecule has 26 heavy (non-hydrogen) atoms. The molecule has 1 aromatic heterocycles. The zero-order valence-corrected chi connectivity index (χ0v) is 14.9. The van der Waals surface area contributed by atoms with Crippen molar-refractivity contribution in [2.45, 2.75) is 0 Å². The molecule has 0 atom stereocenters. The molecule has 0 radical (unpaired) electrons. The predicted molar refractivity (Wildman–Crippen MR) is 96.8 cm³/mol. The van der Waals surface area contributed by atoms with Crippen LogP contribution in [-0.2, 0) is 9.59 Å². The van der Waals surface area contributed by atoms with Gasteiger partial charge in [0.15, 0.2) is 5.57 Å². The van der Waals surface area contributed by atoms with E-state index in [1.54, 1.807) is 36.4 Å². The third kappa shape index (κ3) is 2.94. The molecule has 0 saturated carbocycles. The van der Waals surface area contributed by atoms with E-state index < -0.39 is 22.6 Å². The highest BCUT2D eigenvalue weighted by Gasteiger charge is 2.28. The molecule has 1 aliphatic rings. The average molecular weight is 386 g/mol. The lowest BCUT2D eigenvalue weighted by atomic mass is 10.3. The molecule has 0 aliphatic carbocycles. The van der Waals surface area contributed by atoms with Crippen LogP contribution in [-0.4, -0.2) is 28.7 Å². The van der Waals surface area contributed by atoms with Crippen LogP contribution in [0.2, 0.25) is 0 Å². The predicted octanol–water partition coefficient (Wildman–Crippen LogP) is -0.590. The third-order valence-electron chi connectivity index (χ3n) is 3.42. The summed E-state index contributed by atoms with van der Waals surface area (Å²) in [6, 6.07) is 10.2. The van der Waals surface area contributed by atoms with Crippen molar-refractivity contribution in [1.29, 1.82) is 5.26 Å². The van der Waals surface area contributed by atoms with Gasteiger partial charge in [0, 0.05) is 7.05 Å². The summed E-state index contributed by atoms with van der Waals surface area (Å²) in [5.74, 6) is -1.34. The Kier molecular flexibility index (Phi) is 4.75. The number of rotatable bonds is 2. The molecular weight excluding hydrogens is 376 g/mol. The van der Waals surface area contributed by atoms with Gasteiger partial charge in [-0.25, -0.2) is 0 Å². The number of benzene rings is 1. The molecule has 8 nitrogen and oxygen atoms in total. The van der Waals surface area contributed by atoms with Gasteiger partial charge >= 0.3 is 0 Å². The van der Waals surface area contributed by atoms with Gasteiger partial charge < -0.3 is 5.32 Å². The third-order valence-corrected chi connectivity index (χ3v) is 5.59. The van der Waals surface area contributed by atoms with Gasteiger partial charge in [0.05, 0.1) is 5.69 Å². The molecule has 10 heteroatoms. The maximum absolute atomic E-state index is 13.0. The first-order chi connectivity index (χ1) is 12.5. The van der Waals surface area contributed by atoms with Gasteiger partial charge in [-0.05, 0) is 23.9 Å². The Bertz CT molecular complexity index is 1160. The number of para-hydroxylation sites is 1. The Morgan fingerprint density at radius 2 is 1.92 bits per heavy atom. The number of nitrogens with zero attached hydrogens (tertiary/aromatic N) is 2. The summed E-state index contributed by atoms with van der Waals surface area (Å²) in [7, 11) is 1.37. The van der Waals surface area contributed by atoms with E-state index in [0.29, 0.717) is 17.4 Å². The van der Waals surface area contributed by atoms with Crippen LogP contribution in [0.1, 0.15) is 0 Å². The van der Waals surface area contributed by atoms with E-state index in [4.69, 9.17) is 0 Å². The van der Waals surface area contributed by atoms with E-state index in [1.807, 2.05) is 0 Å². The summed E-state index contributed by atoms with van der Waals surface area (Å²) < 4.78 is 1.27. The maximum atomic E-state index is 13.0. The van der Waals surface area contributed by atoms with Crippen LogP contribution in [0.4, 0.5) is 4.79 Å². The molecule has 0 spiro atoms. The van der Waals surface area contributed by atoms with E-state index in [2.05, 4.69) is 10.6 Å². The summed E-state index contributed by atoms with van der Waals surface area (Å²) in [4.78, 5) is 48.3. The first-order valence-electron chi connectivity index (χ1n) is 7.19. The molecule has 2 aromatic rings. The van der Waals surface area contributed by atoms with Crippen molar-refractivity contribution in [3.63, 3.8) is 0 Å². The van der Waals surface area contributed by atoms with Gasteiger partial charge in [-0.3, -0.25) is 29.1 Å². The minimum atomic E-state index is -0.677. The number of carbonyl (C=O) groups excluding carboxylic acids is 3. The average Bonchev–Trinajstić information content (AvgIpc) is 3.14. The van der Waals surface area contributed by atoms with Crippen LogP contribution in [0.3, 0.4) is 0 Å². The van der Waals surface area contributed by atoms with Crippen LogP contribution in [0.5, 0.6) is 0 Å². The quantitative estimate of drug-likeness (QED) is 0.712. The second-order valence-electron chi connectivity index (χ2n) is 4.95. The van der Waals surface area contributed by atoms with Gasteiger partial charge in [0.25, 0.3) is 22.6 Å². The number of thioether (sulfide) groups is 1. The summed E-state index contributed by atoms with van der Waals surface area (Å²) >= 11 is 1.43. The Morgan fingerprint density at radius 1 is 1.23 bits per heavy atom. The standard InChI is InChI=1S/C16H10N4O4S2/c1-18-12(21)9(7-17)15-20(8-5-3-2-4-6-8)14(23)11(25-15)10-13(22)19-16(24)26-10/h2-6H,1H3,(H,18,21)(H,19,22,24)/b11-10-,15-9-. The number of hydrogen-bond acceptors (Lipinski definition) is 7. The van der Waals surface area contributed by atoms with E-state index in [0.717, 1.165) is 11.3 Å². The molecule has 2 N–H and O–H groups in total. The fourth-order valence-corrected chi connectivity index (χ4v) is 4.26. The molecule has 0 unspecified atom stereocenters. The van der Waals surface area contributed by atoms with Crippen molar-refractivity contribution >= 4 is 50.6 Å². The smallest absolute Gasteiger partial charge is 0.290 e. The van der Waals surface area contributed by atoms with Gasteiger partial charge in [-0.15, -0.1) is 11.3 Å². The zero-order chi connectivity index (χ0) is 18.8. The first kappa shape index (κ1) is 17.7. The maximum Gasteiger partial charge on any atom is 0.290 e. The van der Waals surface area contributed by atoms with Gasteiger partial charge in [0.1, 0.15) is 20.2 Å². The lowest BCUT2D eigenvalue weighted by molar-refractivity contribution is -0.115. The molecule has 1 aliphatic heterocycles. The molecule has 1 saturated heterocycles. The molecule has 130 valence electrons. The second-order valence-corrected chi connectivity index (χ2v) is 6.93. The number of imide groups is 1. The highest BCUT2D eigenvalue weighted by Crippen LogP contribution is 2.22. The number of hydrogen-bond donors (Lipinski definition) is 2. The van der Waals surface area contributed by atoms with Crippen molar-refractivity contribution in [3.8, 4) is 11.8 Å². The monoisotopic (exact) mass is 386 g/mol. The fourth-order valence-electron chi connectivity index (χ4n) is 2.28. The van der Waals surface area contributed by atoms with Crippen LogP contribution in [0.25, 0.3) is 16.2 Å². The number of nitriles is 1. The van der Waals surface area contributed by atoms with Crippen LogP contribution in [0.15, 0.2) is 35.1 Å². The van der Waals surface area contributed by atoms with E-state index in [-0.39, 0.29) is 19.7 Å². The van der Waals surface area contributed by atoms with E-state index in [9.17, 15) is 24.4 Å². The van der Waals surface area contributed by atoms with E-state index >= 15 is 0 Å². The largest absolute Gasteiger partial charge is 0.354 e. The topological polar surface area (TPSA) is 121 Å². The SMILES string of the molecule is CNC(=O)/C(C#N)=c1\s/c(=C2\SC(=O)NC2=O)c(=O)n1-c1ccccc1. The molecule has 1 fully saturated rings. The van der Waals surface area contributed by atoms with Crippen LogP contribution in [0, 0.1) is 11.3 Å². The highest BCUT2D eigenvalue weighted by atomic mass is 32.2. The Morgan fingerprint density at radius 3 is 2.46 bits per heavy atom. The second kappa shape index (κ2) is 6.99. The summed E-state index contributed by atoms with van der Waals surface area (Å²) in [5, 5.41) is 13.3. The van der Waals surface area contributed by atoms with Crippen molar-refractivity contribution in [2.75, 3.05) is 7.05 Å². The van der Waals surface area contributed by atoms with Crippen molar-refractivity contribution in [2.24, 2.45) is 0 Å². The summed E-state index contributed by atoms with van der Waals surface area (Å²) in [6.45, 7) is 0. The molecule has 0 bridgehead atoms. The highest BCUT2D eigenvalue weighted by molar-refractivity contribution is 8.23. The first-order valence-corrected chi connectivity index (χ1v) is 8.82. The van der Waals surface area contributed by atoms with Gasteiger partial charge in [0.2, 0.25) is 0 Å². The van der Waals surface area contributed by atoms with Crippen molar-refractivity contribution in [1.82, 2.24) is 15.2 Å². The number of carbonyl (C=O) groups is 3. The minimum Gasteiger partial charge on any atom is -0.354 e. The van der Waals surface area contributed by atoms with Crippen LogP contribution >= 0.6 is 23.1 Å². The van der Waals surface area contributed by atoms with Crippen molar-refractivity contribution in [3.05, 3.63) is 49.9 Å². The Balaban J connectivity index is 2.51. The zero-order valence-electron chi connectivity index (χ0n) is 13.2.